The monoisotopic (exact) mass is 337 g/mol. The van der Waals surface area contributed by atoms with Crippen LogP contribution < -0.4 is 10.1 Å². The van der Waals surface area contributed by atoms with Crippen LogP contribution in [-0.4, -0.2) is 29.0 Å². The summed E-state index contributed by atoms with van der Waals surface area (Å²) in [6, 6.07) is 15.8. The van der Waals surface area contributed by atoms with Crippen molar-refractivity contribution in [2.45, 2.75) is 19.6 Å². The molecule has 0 radical (unpaired) electrons. The minimum atomic E-state index is -0.531. The highest BCUT2D eigenvalue weighted by Crippen LogP contribution is 2.23. The van der Waals surface area contributed by atoms with Crippen LogP contribution in [0.3, 0.4) is 0 Å². The fourth-order valence-electron chi connectivity index (χ4n) is 2.70. The van der Waals surface area contributed by atoms with E-state index in [2.05, 4.69) is 15.5 Å². The minimum Gasteiger partial charge on any atom is -0.497 e. The first-order valence-electron chi connectivity index (χ1n) is 8.29. The van der Waals surface area contributed by atoms with Crippen LogP contribution in [0.1, 0.15) is 22.8 Å². The Labute approximate surface area is 147 Å². The van der Waals surface area contributed by atoms with Crippen molar-refractivity contribution in [2.75, 3.05) is 13.7 Å². The molecule has 5 nitrogen and oxygen atoms in total. The zero-order valence-electron chi connectivity index (χ0n) is 14.5. The van der Waals surface area contributed by atoms with Crippen LogP contribution in [0.2, 0.25) is 0 Å². The van der Waals surface area contributed by atoms with Crippen molar-refractivity contribution >= 4 is 0 Å². The number of aromatic nitrogens is 2. The number of benzene rings is 2. The van der Waals surface area contributed by atoms with Crippen molar-refractivity contribution in [1.82, 2.24) is 15.5 Å². The van der Waals surface area contributed by atoms with Crippen LogP contribution in [0, 0.1) is 6.92 Å². The number of rotatable bonds is 7. The molecular weight excluding hydrogens is 314 g/mol. The van der Waals surface area contributed by atoms with Gasteiger partial charge in [0.15, 0.2) is 0 Å². The van der Waals surface area contributed by atoms with Gasteiger partial charge in [0, 0.05) is 24.2 Å². The van der Waals surface area contributed by atoms with E-state index in [0.717, 1.165) is 28.1 Å². The van der Waals surface area contributed by atoms with Crippen LogP contribution in [0.25, 0.3) is 11.3 Å². The first-order chi connectivity index (χ1) is 12.2. The molecule has 0 fully saturated rings. The summed E-state index contributed by atoms with van der Waals surface area (Å²) in [7, 11) is 1.65. The smallest absolute Gasteiger partial charge is 0.118 e. The molecule has 0 aliphatic heterocycles. The Morgan fingerprint density at radius 1 is 1.12 bits per heavy atom. The fourth-order valence-corrected chi connectivity index (χ4v) is 2.70. The Morgan fingerprint density at radius 3 is 2.52 bits per heavy atom. The molecule has 0 amide bonds. The largest absolute Gasteiger partial charge is 0.497 e. The summed E-state index contributed by atoms with van der Waals surface area (Å²) in [6.45, 7) is 3.14. The Bertz CT molecular complexity index is 795. The number of nitrogens with one attached hydrogen (secondary N) is 2. The van der Waals surface area contributed by atoms with Crippen LogP contribution in [0.15, 0.2) is 54.7 Å². The van der Waals surface area contributed by atoms with Gasteiger partial charge in [0.05, 0.1) is 25.1 Å². The van der Waals surface area contributed by atoms with Crippen LogP contribution in [0.4, 0.5) is 0 Å². The minimum absolute atomic E-state index is 0.482. The van der Waals surface area contributed by atoms with Gasteiger partial charge in [0.25, 0.3) is 0 Å². The molecule has 0 unspecified atom stereocenters. The number of aliphatic hydroxyl groups is 1. The number of methoxy groups -OCH3 is 1. The van der Waals surface area contributed by atoms with Gasteiger partial charge in [-0.25, -0.2) is 0 Å². The maximum Gasteiger partial charge on any atom is 0.118 e. The van der Waals surface area contributed by atoms with E-state index in [9.17, 15) is 5.11 Å². The van der Waals surface area contributed by atoms with Crippen LogP contribution in [-0.2, 0) is 6.54 Å². The van der Waals surface area contributed by atoms with Crippen molar-refractivity contribution in [3.8, 4) is 17.0 Å². The van der Waals surface area contributed by atoms with Gasteiger partial charge in [0.1, 0.15) is 5.75 Å². The van der Waals surface area contributed by atoms with E-state index in [4.69, 9.17) is 4.74 Å². The van der Waals surface area contributed by atoms with E-state index in [0.29, 0.717) is 13.1 Å². The van der Waals surface area contributed by atoms with Crippen molar-refractivity contribution < 1.29 is 9.84 Å². The van der Waals surface area contributed by atoms with Crippen LogP contribution in [0.5, 0.6) is 5.75 Å². The van der Waals surface area contributed by atoms with Crippen molar-refractivity contribution in [3.05, 3.63) is 71.4 Å². The third-order valence-electron chi connectivity index (χ3n) is 4.21. The summed E-state index contributed by atoms with van der Waals surface area (Å²) in [4.78, 5) is 0. The van der Waals surface area contributed by atoms with Gasteiger partial charge in [-0.1, -0.05) is 29.8 Å². The van der Waals surface area contributed by atoms with Gasteiger partial charge in [-0.15, -0.1) is 0 Å². The summed E-state index contributed by atoms with van der Waals surface area (Å²) in [5.74, 6) is 0.823. The molecular formula is C20H23N3O2. The topological polar surface area (TPSA) is 70.2 Å². The fraction of sp³-hybridized carbons (Fsp3) is 0.250. The van der Waals surface area contributed by atoms with E-state index in [-0.39, 0.29) is 0 Å². The van der Waals surface area contributed by atoms with Gasteiger partial charge in [-0.05, 0) is 36.8 Å². The number of nitrogens with zero attached hydrogens (tertiary/aromatic N) is 1. The zero-order valence-corrected chi connectivity index (χ0v) is 14.5. The molecule has 0 aliphatic carbocycles. The van der Waals surface area contributed by atoms with Crippen molar-refractivity contribution in [2.24, 2.45) is 0 Å². The number of H-pyrrole nitrogens is 1. The summed E-state index contributed by atoms with van der Waals surface area (Å²) in [6.07, 6.45) is 1.28. The van der Waals surface area contributed by atoms with Gasteiger partial charge in [-0.3, -0.25) is 5.10 Å². The number of ether oxygens (including phenoxy) is 1. The second-order valence-corrected chi connectivity index (χ2v) is 6.06. The Morgan fingerprint density at radius 2 is 1.84 bits per heavy atom. The third-order valence-corrected chi connectivity index (χ3v) is 4.21. The second kappa shape index (κ2) is 7.96. The van der Waals surface area contributed by atoms with E-state index >= 15 is 0 Å². The Balaban J connectivity index is 1.60. The zero-order chi connectivity index (χ0) is 17.6. The highest BCUT2D eigenvalue weighted by atomic mass is 16.5. The van der Waals surface area contributed by atoms with E-state index < -0.39 is 6.10 Å². The molecule has 3 rings (SSSR count). The molecule has 3 N–H and O–H groups in total. The number of aliphatic hydroxyl groups excluding tert-OH is 1. The van der Waals surface area contributed by atoms with E-state index in [1.807, 2.05) is 61.7 Å². The molecule has 2 aromatic carbocycles. The molecule has 0 aliphatic rings. The lowest BCUT2D eigenvalue weighted by Gasteiger charge is -2.13. The van der Waals surface area contributed by atoms with Gasteiger partial charge >= 0.3 is 0 Å². The molecule has 130 valence electrons. The first kappa shape index (κ1) is 17.2. The highest BCUT2D eigenvalue weighted by molar-refractivity contribution is 5.63. The molecule has 1 atom stereocenters. The lowest BCUT2D eigenvalue weighted by atomic mass is 10.1. The first-order valence-corrected chi connectivity index (χ1v) is 8.29. The molecule has 1 heterocycles. The average Bonchev–Trinajstić information content (AvgIpc) is 3.11. The van der Waals surface area contributed by atoms with Crippen molar-refractivity contribution in [1.29, 1.82) is 0 Å². The Hall–Kier alpha value is -2.63. The van der Waals surface area contributed by atoms with Gasteiger partial charge < -0.3 is 15.2 Å². The lowest BCUT2D eigenvalue weighted by Crippen LogP contribution is -2.21. The summed E-state index contributed by atoms with van der Waals surface area (Å²) >= 11 is 0. The Kier molecular flexibility index (Phi) is 5.48. The molecule has 0 saturated heterocycles. The normalized spacial score (nSPS) is 12.1. The molecule has 0 bridgehead atoms. The lowest BCUT2D eigenvalue weighted by molar-refractivity contribution is 0.174. The quantitative estimate of drug-likeness (QED) is 0.619. The molecule has 5 heteroatoms. The summed E-state index contributed by atoms with van der Waals surface area (Å²) in [5, 5.41) is 20.8. The highest BCUT2D eigenvalue weighted by Gasteiger charge is 2.10. The summed E-state index contributed by atoms with van der Waals surface area (Å²) < 4.78 is 5.19. The van der Waals surface area contributed by atoms with Crippen LogP contribution >= 0.6 is 0 Å². The standard InChI is InChI=1S/C20H23N3O2/c1-14-3-5-15(6-4-14)19(24)13-21-11-17-12-22-23-20(17)16-7-9-18(25-2)10-8-16/h3-10,12,19,21,24H,11,13H2,1-2H3,(H,22,23)/t19-/m1/s1. The number of aromatic amines is 1. The third kappa shape index (κ3) is 4.26. The maximum atomic E-state index is 10.3. The molecule has 0 saturated carbocycles. The van der Waals surface area contributed by atoms with E-state index in [1.54, 1.807) is 7.11 Å². The predicted octanol–water partition coefficient (Wildman–Crippen LogP) is 3.22. The van der Waals surface area contributed by atoms with Crippen molar-refractivity contribution in [3.63, 3.8) is 0 Å². The van der Waals surface area contributed by atoms with Gasteiger partial charge in [0.2, 0.25) is 0 Å². The van der Waals surface area contributed by atoms with E-state index in [1.165, 1.54) is 5.56 Å². The summed E-state index contributed by atoms with van der Waals surface area (Å²) in [5.41, 5.74) is 5.18. The second-order valence-electron chi connectivity index (χ2n) is 6.06. The molecule has 1 aromatic heterocycles. The maximum absolute atomic E-state index is 10.3. The number of aryl methyl sites for hydroxylation is 1. The van der Waals surface area contributed by atoms with Gasteiger partial charge in [-0.2, -0.15) is 5.10 Å². The molecule has 3 aromatic rings. The SMILES string of the molecule is COc1ccc(-c2[nH]ncc2CNC[C@@H](O)c2ccc(C)cc2)cc1. The molecule has 0 spiro atoms. The average molecular weight is 337 g/mol. The molecule has 25 heavy (non-hydrogen) atoms. The number of hydrogen-bond donors (Lipinski definition) is 3. The predicted molar refractivity (Wildman–Crippen MR) is 98.4 cm³/mol. The number of hydrogen-bond acceptors (Lipinski definition) is 4.